The molecule has 0 aliphatic carbocycles. The Morgan fingerprint density at radius 1 is 1.05 bits per heavy atom. The molecule has 0 saturated carbocycles. The molecular formula is C18H18N2O. The Labute approximate surface area is 123 Å². The van der Waals surface area contributed by atoms with Crippen molar-refractivity contribution in [3.8, 4) is 0 Å². The molecule has 3 nitrogen and oxygen atoms in total. The van der Waals surface area contributed by atoms with Crippen LogP contribution in [0.3, 0.4) is 0 Å². The Morgan fingerprint density at radius 3 is 2.67 bits per heavy atom. The largest absolute Gasteiger partial charge is 0.381 e. The number of fused-ring (bicyclic) bond motifs is 1. The summed E-state index contributed by atoms with van der Waals surface area (Å²) in [6, 6.07) is 15.8. The van der Waals surface area contributed by atoms with Crippen LogP contribution >= 0.6 is 0 Å². The molecule has 0 unspecified atom stereocenters. The number of H-pyrrole nitrogens is 1. The first-order valence-corrected chi connectivity index (χ1v) is 7.06. The summed E-state index contributed by atoms with van der Waals surface area (Å²) in [5.74, 6) is 0. The maximum atomic E-state index is 12.6. The lowest BCUT2D eigenvalue weighted by Gasteiger charge is -2.10. The monoisotopic (exact) mass is 278 g/mol. The van der Waals surface area contributed by atoms with Crippen molar-refractivity contribution >= 4 is 16.6 Å². The van der Waals surface area contributed by atoms with Crippen LogP contribution in [0.2, 0.25) is 0 Å². The summed E-state index contributed by atoms with van der Waals surface area (Å²) in [7, 11) is 0. The molecule has 0 aliphatic rings. The molecule has 0 radical (unpaired) electrons. The van der Waals surface area contributed by atoms with Crippen LogP contribution in [0.4, 0.5) is 5.69 Å². The second-order valence-electron chi connectivity index (χ2n) is 5.33. The Morgan fingerprint density at radius 2 is 1.86 bits per heavy atom. The topological polar surface area (TPSA) is 44.9 Å². The number of anilines is 1. The highest BCUT2D eigenvalue weighted by molar-refractivity contribution is 5.79. The fourth-order valence-electron chi connectivity index (χ4n) is 2.56. The summed E-state index contributed by atoms with van der Waals surface area (Å²) in [4.78, 5) is 15.9. The van der Waals surface area contributed by atoms with Gasteiger partial charge in [0.05, 0.1) is 0 Å². The van der Waals surface area contributed by atoms with Gasteiger partial charge in [0.1, 0.15) is 0 Å². The molecule has 1 aromatic heterocycles. The maximum Gasteiger partial charge on any atom is 0.194 e. The van der Waals surface area contributed by atoms with Crippen LogP contribution in [0.25, 0.3) is 10.9 Å². The van der Waals surface area contributed by atoms with Gasteiger partial charge in [-0.3, -0.25) is 4.79 Å². The Hall–Kier alpha value is -2.55. The third kappa shape index (κ3) is 2.68. The van der Waals surface area contributed by atoms with Crippen LogP contribution in [-0.2, 0) is 6.54 Å². The molecule has 2 aromatic carbocycles. The number of aromatic nitrogens is 1. The number of aryl methyl sites for hydroxylation is 2. The molecule has 0 fully saturated rings. The number of para-hydroxylation sites is 1. The number of rotatable bonds is 3. The molecule has 0 aliphatic heterocycles. The van der Waals surface area contributed by atoms with Gasteiger partial charge in [-0.2, -0.15) is 0 Å². The minimum Gasteiger partial charge on any atom is -0.381 e. The molecule has 0 bridgehead atoms. The number of hydrogen-bond donors (Lipinski definition) is 2. The first-order valence-electron chi connectivity index (χ1n) is 7.06. The smallest absolute Gasteiger partial charge is 0.194 e. The quantitative estimate of drug-likeness (QED) is 0.766. The number of benzene rings is 2. The zero-order chi connectivity index (χ0) is 14.8. The first kappa shape index (κ1) is 13.4. The molecule has 0 amide bonds. The standard InChI is InChI=1S/C18H18N2O/c1-12-6-5-7-14(10-12)19-11-16-13(2)20-17-9-4-3-8-15(17)18(16)21/h3-10,19H,11H2,1-2H3,(H,20,21). The first-order chi connectivity index (χ1) is 10.1. The van der Waals surface area contributed by atoms with Gasteiger partial charge in [-0.1, -0.05) is 24.3 Å². The van der Waals surface area contributed by atoms with Gasteiger partial charge in [0, 0.05) is 34.4 Å². The van der Waals surface area contributed by atoms with Crippen molar-refractivity contribution in [2.24, 2.45) is 0 Å². The summed E-state index contributed by atoms with van der Waals surface area (Å²) in [5.41, 5.74) is 4.92. The van der Waals surface area contributed by atoms with Gasteiger partial charge in [-0.15, -0.1) is 0 Å². The molecule has 21 heavy (non-hydrogen) atoms. The number of hydrogen-bond acceptors (Lipinski definition) is 2. The normalized spacial score (nSPS) is 10.8. The van der Waals surface area contributed by atoms with E-state index < -0.39 is 0 Å². The van der Waals surface area contributed by atoms with E-state index in [1.807, 2.05) is 43.3 Å². The molecule has 3 aromatic rings. The zero-order valence-electron chi connectivity index (χ0n) is 12.2. The van der Waals surface area contributed by atoms with Crippen molar-refractivity contribution in [1.82, 2.24) is 4.98 Å². The van der Waals surface area contributed by atoms with E-state index in [0.717, 1.165) is 27.8 Å². The van der Waals surface area contributed by atoms with Crippen LogP contribution in [0.1, 0.15) is 16.8 Å². The van der Waals surface area contributed by atoms with Gasteiger partial charge in [0.25, 0.3) is 0 Å². The van der Waals surface area contributed by atoms with Gasteiger partial charge >= 0.3 is 0 Å². The van der Waals surface area contributed by atoms with Crippen molar-refractivity contribution in [1.29, 1.82) is 0 Å². The van der Waals surface area contributed by atoms with E-state index in [4.69, 9.17) is 0 Å². The number of aromatic amines is 1. The molecule has 3 rings (SSSR count). The fraction of sp³-hybridized carbons (Fsp3) is 0.167. The van der Waals surface area contributed by atoms with E-state index in [1.165, 1.54) is 5.56 Å². The Balaban J connectivity index is 1.95. The second-order valence-corrected chi connectivity index (χ2v) is 5.33. The number of nitrogens with one attached hydrogen (secondary N) is 2. The molecule has 1 heterocycles. The molecule has 106 valence electrons. The van der Waals surface area contributed by atoms with Crippen molar-refractivity contribution < 1.29 is 0 Å². The lowest BCUT2D eigenvalue weighted by atomic mass is 10.1. The SMILES string of the molecule is Cc1cccc(NCc2c(C)[nH]c3ccccc3c2=O)c1. The third-order valence-corrected chi connectivity index (χ3v) is 3.71. The number of pyridine rings is 1. The highest BCUT2D eigenvalue weighted by Gasteiger charge is 2.08. The van der Waals surface area contributed by atoms with Crippen molar-refractivity contribution in [3.05, 3.63) is 75.6 Å². The molecular weight excluding hydrogens is 260 g/mol. The van der Waals surface area contributed by atoms with E-state index in [-0.39, 0.29) is 5.43 Å². The Kier molecular flexibility index (Phi) is 3.48. The highest BCUT2D eigenvalue weighted by Crippen LogP contribution is 2.14. The summed E-state index contributed by atoms with van der Waals surface area (Å²) in [6.07, 6.45) is 0. The molecule has 0 spiro atoms. The van der Waals surface area contributed by atoms with Crippen molar-refractivity contribution in [2.75, 3.05) is 5.32 Å². The summed E-state index contributed by atoms with van der Waals surface area (Å²) < 4.78 is 0. The lowest BCUT2D eigenvalue weighted by molar-refractivity contribution is 1.06. The molecule has 0 atom stereocenters. The van der Waals surface area contributed by atoms with E-state index in [1.54, 1.807) is 0 Å². The highest BCUT2D eigenvalue weighted by atomic mass is 16.1. The zero-order valence-corrected chi connectivity index (χ0v) is 12.2. The van der Waals surface area contributed by atoms with Crippen LogP contribution in [0.15, 0.2) is 53.3 Å². The predicted molar refractivity (Wildman–Crippen MR) is 87.8 cm³/mol. The summed E-state index contributed by atoms with van der Waals surface area (Å²) in [5, 5.41) is 4.07. The Bertz CT molecular complexity index is 849. The summed E-state index contributed by atoms with van der Waals surface area (Å²) >= 11 is 0. The van der Waals surface area contributed by atoms with E-state index in [2.05, 4.69) is 29.4 Å². The minimum absolute atomic E-state index is 0.0991. The van der Waals surface area contributed by atoms with Crippen LogP contribution in [-0.4, -0.2) is 4.98 Å². The summed E-state index contributed by atoms with van der Waals surface area (Å²) in [6.45, 7) is 4.52. The fourth-order valence-corrected chi connectivity index (χ4v) is 2.56. The predicted octanol–water partition coefficient (Wildman–Crippen LogP) is 3.76. The van der Waals surface area contributed by atoms with Crippen LogP contribution < -0.4 is 10.7 Å². The van der Waals surface area contributed by atoms with Crippen molar-refractivity contribution in [2.45, 2.75) is 20.4 Å². The van der Waals surface area contributed by atoms with Gasteiger partial charge < -0.3 is 10.3 Å². The molecule has 0 saturated heterocycles. The lowest BCUT2D eigenvalue weighted by Crippen LogP contribution is -2.16. The van der Waals surface area contributed by atoms with E-state index >= 15 is 0 Å². The second kappa shape index (κ2) is 5.44. The average Bonchev–Trinajstić information content (AvgIpc) is 2.47. The molecule has 3 heteroatoms. The van der Waals surface area contributed by atoms with Crippen LogP contribution in [0.5, 0.6) is 0 Å². The van der Waals surface area contributed by atoms with Crippen molar-refractivity contribution in [3.63, 3.8) is 0 Å². The third-order valence-electron chi connectivity index (χ3n) is 3.71. The van der Waals surface area contributed by atoms with Gasteiger partial charge in [-0.25, -0.2) is 0 Å². The van der Waals surface area contributed by atoms with E-state index in [9.17, 15) is 4.79 Å². The van der Waals surface area contributed by atoms with Gasteiger partial charge in [0.2, 0.25) is 0 Å². The van der Waals surface area contributed by atoms with Gasteiger partial charge in [-0.05, 0) is 43.7 Å². The van der Waals surface area contributed by atoms with E-state index in [0.29, 0.717) is 6.54 Å². The average molecular weight is 278 g/mol. The maximum absolute atomic E-state index is 12.6. The van der Waals surface area contributed by atoms with Crippen LogP contribution in [0, 0.1) is 13.8 Å². The minimum atomic E-state index is 0.0991. The molecule has 2 N–H and O–H groups in total. The van der Waals surface area contributed by atoms with Gasteiger partial charge in [0.15, 0.2) is 5.43 Å².